The summed E-state index contributed by atoms with van der Waals surface area (Å²) in [6.45, 7) is 4.94. The molecule has 0 aromatic heterocycles. The molecule has 0 saturated carbocycles. The van der Waals surface area contributed by atoms with E-state index in [1.807, 2.05) is 0 Å². The van der Waals surface area contributed by atoms with Crippen molar-refractivity contribution in [1.82, 2.24) is 5.32 Å². The third kappa shape index (κ3) is 4.96. The highest BCUT2D eigenvalue weighted by Crippen LogP contribution is 2.07. The molecule has 1 amide bonds. The molecular weight excluding hydrogens is 198 g/mol. The SMILES string of the molecule is CCCNC(=O)CCCc1ccc(C)cc1. The monoisotopic (exact) mass is 219 g/mol. The molecule has 2 nitrogen and oxygen atoms in total. The molecule has 0 unspecified atom stereocenters. The van der Waals surface area contributed by atoms with Crippen molar-refractivity contribution >= 4 is 5.91 Å². The number of benzene rings is 1. The fraction of sp³-hybridized carbons (Fsp3) is 0.500. The number of aryl methyl sites for hydroxylation is 2. The summed E-state index contributed by atoms with van der Waals surface area (Å²) in [6, 6.07) is 8.51. The highest BCUT2D eigenvalue weighted by molar-refractivity contribution is 5.75. The fourth-order valence-corrected chi connectivity index (χ4v) is 1.56. The predicted molar refractivity (Wildman–Crippen MR) is 67.4 cm³/mol. The van der Waals surface area contributed by atoms with Gasteiger partial charge in [0.1, 0.15) is 0 Å². The Balaban J connectivity index is 2.20. The van der Waals surface area contributed by atoms with E-state index in [9.17, 15) is 4.79 Å². The van der Waals surface area contributed by atoms with Crippen LogP contribution in [0.25, 0.3) is 0 Å². The number of nitrogens with one attached hydrogen (secondary N) is 1. The second kappa shape index (κ2) is 7.04. The summed E-state index contributed by atoms with van der Waals surface area (Å²) in [4.78, 5) is 11.3. The van der Waals surface area contributed by atoms with E-state index >= 15 is 0 Å². The van der Waals surface area contributed by atoms with Gasteiger partial charge in [-0.25, -0.2) is 0 Å². The van der Waals surface area contributed by atoms with Gasteiger partial charge < -0.3 is 5.32 Å². The lowest BCUT2D eigenvalue weighted by Gasteiger charge is -2.04. The van der Waals surface area contributed by atoms with Crippen molar-refractivity contribution in [1.29, 1.82) is 0 Å². The summed E-state index contributed by atoms with van der Waals surface area (Å²) >= 11 is 0. The molecule has 1 rings (SSSR count). The van der Waals surface area contributed by atoms with E-state index in [0.717, 1.165) is 25.8 Å². The van der Waals surface area contributed by atoms with Gasteiger partial charge in [0.05, 0.1) is 0 Å². The Morgan fingerprint density at radius 3 is 2.56 bits per heavy atom. The van der Waals surface area contributed by atoms with Crippen molar-refractivity contribution in [2.24, 2.45) is 0 Å². The lowest BCUT2D eigenvalue weighted by atomic mass is 10.1. The zero-order valence-electron chi connectivity index (χ0n) is 10.3. The molecule has 1 aromatic carbocycles. The van der Waals surface area contributed by atoms with Crippen LogP contribution in [-0.2, 0) is 11.2 Å². The van der Waals surface area contributed by atoms with Crippen molar-refractivity contribution in [3.05, 3.63) is 35.4 Å². The fourth-order valence-electron chi connectivity index (χ4n) is 1.56. The summed E-state index contributed by atoms with van der Waals surface area (Å²) in [6.07, 6.45) is 3.55. The van der Waals surface area contributed by atoms with Crippen molar-refractivity contribution < 1.29 is 4.79 Å². The van der Waals surface area contributed by atoms with Gasteiger partial charge in [0.15, 0.2) is 0 Å². The zero-order valence-corrected chi connectivity index (χ0v) is 10.3. The van der Waals surface area contributed by atoms with Gasteiger partial charge in [-0.05, 0) is 31.7 Å². The van der Waals surface area contributed by atoms with Crippen LogP contribution in [0.4, 0.5) is 0 Å². The van der Waals surface area contributed by atoms with E-state index in [1.165, 1.54) is 11.1 Å². The van der Waals surface area contributed by atoms with Crippen molar-refractivity contribution in [2.45, 2.75) is 39.5 Å². The molecule has 2 heteroatoms. The van der Waals surface area contributed by atoms with Gasteiger partial charge >= 0.3 is 0 Å². The molecular formula is C14H21NO. The van der Waals surface area contributed by atoms with Crippen LogP contribution in [0.5, 0.6) is 0 Å². The average molecular weight is 219 g/mol. The largest absolute Gasteiger partial charge is 0.356 e. The second-order valence-electron chi connectivity index (χ2n) is 4.19. The molecule has 0 aliphatic rings. The molecule has 0 fully saturated rings. The third-order valence-corrected chi connectivity index (χ3v) is 2.56. The van der Waals surface area contributed by atoms with E-state index in [4.69, 9.17) is 0 Å². The van der Waals surface area contributed by atoms with Crippen LogP contribution in [0.2, 0.25) is 0 Å². The van der Waals surface area contributed by atoms with Crippen LogP contribution < -0.4 is 5.32 Å². The minimum atomic E-state index is 0.175. The van der Waals surface area contributed by atoms with Crippen LogP contribution in [0.1, 0.15) is 37.3 Å². The highest BCUT2D eigenvalue weighted by Gasteiger charge is 2.00. The Labute approximate surface area is 98.1 Å². The maximum Gasteiger partial charge on any atom is 0.220 e. The van der Waals surface area contributed by atoms with Gasteiger partial charge in [0.2, 0.25) is 5.91 Å². The Kier molecular flexibility index (Phi) is 5.62. The number of hydrogen-bond donors (Lipinski definition) is 1. The number of carbonyl (C=O) groups excluding carboxylic acids is 1. The van der Waals surface area contributed by atoms with Crippen LogP contribution in [0, 0.1) is 6.92 Å². The molecule has 0 heterocycles. The summed E-state index contributed by atoms with van der Waals surface area (Å²) < 4.78 is 0. The van der Waals surface area contributed by atoms with Crippen molar-refractivity contribution in [2.75, 3.05) is 6.54 Å². The normalized spacial score (nSPS) is 10.1. The first-order chi connectivity index (χ1) is 7.72. The summed E-state index contributed by atoms with van der Waals surface area (Å²) in [5.41, 5.74) is 2.60. The second-order valence-corrected chi connectivity index (χ2v) is 4.19. The van der Waals surface area contributed by atoms with E-state index in [-0.39, 0.29) is 5.91 Å². The topological polar surface area (TPSA) is 29.1 Å². The standard InChI is InChI=1S/C14H21NO/c1-3-11-15-14(16)6-4-5-13-9-7-12(2)8-10-13/h7-10H,3-6,11H2,1-2H3,(H,15,16). The van der Waals surface area contributed by atoms with Crippen LogP contribution in [0.3, 0.4) is 0 Å². The minimum Gasteiger partial charge on any atom is -0.356 e. The lowest BCUT2D eigenvalue weighted by Crippen LogP contribution is -2.23. The van der Waals surface area contributed by atoms with Gasteiger partial charge in [-0.1, -0.05) is 36.8 Å². The first kappa shape index (κ1) is 12.8. The van der Waals surface area contributed by atoms with Crippen LogP contribution in [0.15, 0.2) is 24.3 Å². The summed E-state index contributed by atoms with van der Waals surface area (Å²) in [7, 11) is 0. The smallest absolute Gasteiger partial charge is 0.220 e. The lowest BCUT2D eigenvalue weighted by molar-refractivity contribution is -0.121. The van der Waals surface area contributed by atoms with E-state index in [2.05, 4.69) is 43.4 Å². The summed E-state index contributed by atoms with van der Waals surface area (Å²) in [5.74, 6) is 0.175. The number of carbonyl (C=O) groups is 1. The molecule has 0 spiro atoms. The number of amides is 1. The van der Waals surface area contributed by atoms with Gasteiger partial charge in [-0.2, -0.15) is 0 Å². The average Bonchev–Trinajstić information content (AvgIpc) is 2.29. The molecule has 0 radical (unpaired) electrons. The van der Waals surface area contributed by atoms with Crippen molar-refractivity contribution in [3.8, 4) is 0 Å². The minimum absolute atomic E-state index is 0.175. The molecule has 0 bridgehead atoms. The Morgan fingerprint density at radius 1 is 1.25 bits per heavy atom. The molecule has 1 N–H and O–H groups in total. The number of rotatable bonds is 6. The summed E-state index contributed by atoms with van der Waals surface area (Å²) in [5, 5.41) is 2.89. The molecule has 1 aromatic rings. The van der Waals surface area contributed by atoms with Gasteiger partial charge in [0.25, 0.3) is 0 Å². The van der Waals surface area contributed by atoms with Crippen molar-refractivity contribution in [3.63, 3.8) is 0 Å². The zero-order chi connectivity index (χ0) is 11.8. The van der Waals surface area contributed by atoms with Gasteiger partial charge in [-0.3, -0.25) is 4.79 Å². The van der Waals surface area contributed by atoms with Crippen LogP contribution in [-0.4, -0.2) is 12.5 Å². The number of hydrogen-bond acceptors (Lipinski definition) is 1. The maximum absolute atomic E-state index is 11.3. The Hall–Kier alpha value is -1.31. The first-order valence-corrected chi connectivity index (χ1v) is 6.04. The highest BCUT2D eigenvalue weighted by atomic mass is 16.1. The van der Waals surface area contributed by atoms with Gasteiger partial charge in [-0.15, -0.1) is 0 Å². The van der Waals surface area contributed by atoms with Crippen LogP contribution >= 0.6 is 0 Å². The molecule has 0 aliphatic carbocycles. The Bertz CT molecular complexity index is 316. The van der Waals surface area contributed by atoms with Gasteiger partial charge in [0, 0.05) is 13.0 Å². The molecule has 88 valence electrons. The molecule has 0 atom stereocenters. The van der Waals surface area contributed by atoms with E-state index in [1.54, 1.807) is 0 Å². The molecule has 16 heavy (non-hydrogen) atoms. The Morgan fingerprint density at radius 2 is 1.94 bits per heavy atom. The predicted octanol–water partition coefficient (Wildman–Crippen LogP) is 2.84. The third-order valence-electron chi connectivity index (χ3n) is 2.56. The molecule has 0 aliphatic heterocycles. The first-order valence-electron chi connectivity index (χ1n) is 6.04. The van der Waals surface area contributed by atoms with E-state index in [0.29, 0.717) is 6.42 Å². The maximum atomic E-state index is 11.3. The molecule has 0 saturated heterocycles. The van der Waals surface area contributed by atoms with E-state index < -0.39 is 0 Å². The quantitative estimate of drug-likeness (QED) is 0.783.